The summed E-state index contributed by atoms with van der Waals surface area (Å²) in [5, 5.41) is 3.46. The number of carbonyl (C=O) groups is 1. The standard InChI is InChI=1S/C13H18N2OS/c1-9-6-11(13(14)16)2-3-12(9)15-7-10-4-5-17-8-10/h2-3,6,10,15H,4-5,7-8H2,1H3,(H2,14,16). The Morgan fingerprint density at radius 2 is 2.41 bits per heavy atom. The van der Waals surface area contributed by atoms with Crippen LogP contribution in [0, 0.1) is 12.8 Å². The average Bonchev–Trinajstić information content (AvgIpc) is 2.80. The predicted molar refractivity (Wildman–Crippen MR) is 73.6 cm³/mol. The fourth-order valence-corrected chi connectivity index (χ4v) is 3.30. The van der Waals surface area contributed by atoms with Gasteiger partial charge < -0.3 is 11.1 Å². The van der Waals surface area contributed by atoms with Gasteiger partial charge in [0.2, 0.25) is 5.91 Å². The quantitative estimate of drug-likeness (QED) is 0.862. The first-order valence-corrected chi connectivity index (χ1v) is 7.04. The van der Waals surface area contributed by atoms with E-state index in [2.05, 4.69) is 5.32 Å². The van der Waals surface area contributed by atoms with Gasteiger partial charge in [0.05, 0.1) is 0 Å². The van der Waals surface area contributed by atoms with Gasteiger partial charge in [-0.3, -0.25) is 4.79 Å². The molecule has 3 nitrogen and oxygen atoms in total. The highest BCUT2D eigenvalue weighted by Crippen LogP contribution is 2.24. The lowest BCUT2D eigenvalue weighted by Gasteiger charge is -2.13. The van der Waals surface area contributed by atoms with Crippen molar-refractivity contribution < 1.29 is 4.79 Å². The highest BCUT2D eigenvalue weighted by Gasteiger charge is 2.15. The van der Waals surface area contributed by atoms with Crippen molar-refractivity contribution in [3.8, 4) is 0 Å². The molecule has 0 spiro atoms. The van der Waals surface area contributed by atoms with Crippen LogP contribution in [-0.4, -0.2) is 24.0 Å². The lowest BCUT2D eigenvalue weighted by atomic mass is 10.1. The van der Waals surface area contributed by atoms with Crippen molar-refractivity contribution >= 4 is 23.4 Å². The number of hydrogen-bond donors (Lipinski definition) is 2. The summed E-state index contributed by atoms with van der Waals surface area (Å²) in [7, 11) is 0. The Labute approximate surface area is 106 Å². The van der Waals surface area contributed by atoms with E-state index < -0.39 is 0 Å². The van der Waals surface area contributed by atoms with Gasteiger partial charge in [0.15, 0.2) is 0 Å². The molecule has 4 heteroatoms. The summed E-state index contributed by atoms with van der Waals surface area (Å²) in [5.74, 6) is 2.94. The van der Waals surface area contributed by atoms with Gasteiger partial charge in [-0.25, -0.2) is 0 Å². The van der Waals surface area contributed by atoms with Gasteiger partial charge in [-0.05, 0) is 54.5 Å². The van der Waals surface area contributed by atoms with E-state index in [1.807, 2.05) is 30.8 Å². The highest BCUT2D eigenvalue weighted by molar-refractivity contribution is 7.99. The van der Waals surface area contributed by atoms with Crippen molar-refractivity contribution in [3.63, 3.8) is 0 Å². The number of nitrogens with one attached hydrogen (secondary N) is 1. The summed E-state index contributed by atoms with van der Waals surface area (Å²) in [4.78, 5) is 11.0. The second-order valence-corrected chi connectivity index (χ2v) is 5.65. The normalized spacial score (nSPS) is 19.2. The Morgan fingerprint density at radius 3 is 3.00 bits per heavy atom. The molecular weight excluding hydrogens is 232 g/mol. The summed E-state index contributed by atoms with van der Waals surface area (Å²) in [6, 6.07) is 5.56. The van der Waals surface area contributed by atoms with Crippen molar-refractivity contribution in [2.24, 2.45) is 11.7 Å². The van der Waals surface area contributed by atoms with E-state index in [-0.39, 0.29) is 5.91 Å². The number of primary amides is 1. The molecule has 1 aromatic rings. The Kier molecular flexibility index (Phi) is 3.94. The van der Waals surface area contributed by atoms with Crippen LogP contribution in [0.15, 0.2) is 18.2 Å². The van der Waals surface area contributed by atoms with E-state index in [9.17, 15) is 4.79 Å². The molecular formula is C13H18N2OS. The van der Waals surface area contributed by atoms with Crippen LogP contribution in [0.25, 0.3) is 0 Å². The molecule has 1 amide bonds. The molecule has 1 atom stereocenters. The molecule has 3 N–H and O–H groups in total. The van der Waals surface area contributed by atoms with Crippen LogP contribution in [0.3, 0.4) is 0 Å². The van der Waals surface area contributed by atoms with Crippen molar-refractivity contribution in [2.45, 2.75) is 13.3 Å². The van der Waals surface area contributed by atoms with Crippen molar-refractivity contribution in [3.05, 3.63) is 29.3 Å². The zero-order chi connectivity index (χ0) is 12.3. The van der Waals surface area contributed by atoms with E-state index in [0.29, 0.717) is 5.56 Å². The van der Waals surface area contributed by atoms with Crippen LogP contribution in [0.1, 0.15) is 22.3 Å². The minimum atomic E-state index is -0.369. The van der Waals surface area contributed by atoms with Crippen molar-refractivity contribution in [1.82, 2.24) is 0 Å². The second-order valence-electron chi connectivity index (χ2n) is 4.50. The number of benzene rings is 1. The van der Waals surface area contributed by atoms with Crippen LogP contribution in [0.5, 0.6) is 0 Å². The van der Waals surface area contributed by atoms with Crippen LogP contribution in [0.4, 0.5) is 5.69 Å². The Morgan fingerprint density at radius 1 is 1.59 bits per heavy atom. The number of rotatable bonds is 4. The fourth-order valence-electron chi connectivity index (χ4n) is 2.01. The summed E-state index contributed by atoms with van der Waals surface area (Å²) >= 11 is 2.03. The first-order valence-electron chi connectivity index (χ1n) is 5.89. The fraction of sp³-hybridized carbons (Fsp3) is 0.462. The predicted octanol–water partition coefficient (Wildman–Crippen LogP) is 2.26. The van der Waals surface area contributed by atoms with Crippen LogP contribution < -0.4 is 11.1 Å². The molecule has 1 aliphatic heterocycles. The van der Waals surface area contributed by atoms with Crippen molar-refractivity contribution in [2.75, 3.05) is 23.4 Å². The zero-order valence-electron chi connectivity index (χ0n) is 10.0. The summed E-state index contributed by atoms with van der Waals surface area (Å²) in [6.45, 7) is 3.02. The Balaban J connectivity index is 1.98. The van der Waals surface area contributed by atoms with Gasteiger partial charge in [-0.1, -0.05) is 0 Å². The second kappa shape index (κ2) is 5.45. The largest absolute Gasteiger partial charge is 0.385 e. The van der Waals surface area contributed by atoms with Crippen molar-refractivity contribution in [1.29, 1.82) is 0 Å². The maximum atomic E-state index is 11.0. The van der Waals surface area contributed by atoms with E-state index in [0.717, 1.165) is 23.7 Å². The lowest BCUT2D eigenvalue weighted by molar-refractivity contribution is 0.1000. The van der Waals surface area contributed by atoms with E-state index in [1.165, 1.54) is 17.9 Å². The third-order valence-corrected chi connectivity index (χ3v) is 4.35. The smallest absolute Gasteiger partial charge is 0.248 e. The van der Waals surface area contributed by atoms with Crippen LogP contribution in [-0.2, 0) is 0 Å². The molecule has 1 heterocycles. The molecule has 0 aliphatic carbocycles. The van der Waals surface area contributed by atoms with E-state index in [1.54, 1.807) is 6.07 Å². The minimum Gasteiger partial charge on any atom is -0.385 e. The average molecular weight is 250 g/mol. The molecule has 0 radical (unpaired) electrons. The summed E-state index contributed by atoms with van der Waals surface area (Å²) < 4.78 is 0. The molecule has 2 rings (SSSR count). The lowest BCUT2D eigenvalue weighted by Crippen LogP contribution is -2.15. The maximum Gasteiger partial charge on any atom is 0.248 e. The number of nitrogens with two attached hydrogens (primary N) is 1. The molecule has 1 aromatic carbocycles. The number of anilines is 1. The van der Waals surface area contributed by atoms with Gasteiger partial charge in [-0.2, -0.15) is 11.8 Å². The Hall–Kier alpha value is -1.16. The van der Waals surface area contributed by atoms with Gasteiger partial charge in [-0.15, -0.1) is 0 Å². The minimum absolute atomic E-state index is 0.369. The first-order chi connectivity index (χ1) is 8.16. The monoisotopic (exact) mass is 250 g/mol. The summed E-state index contributed by atoms with van der Waals surface area (Å²) in [5.41, 5.74) is 8.00. The topological polar surface area (TPSA) is 55.1 Å². The SMILES string of the molecule is Cc1cc(C(N)=O)ccc1NCC1CCSC1. The molecule has 1 unspecified atom stereocenters. The molecule has 0 bridgehead atoms. The molecule has 17 heavy (non-hydrogen) atoms. The van der Waals surface area contributed by atoms with Crippen LogP contribution in [0.2, 0.25) is 0 Å². The first kappa shape index (κ1) is 12.3. The number of carbonyl (C=O) groups excluding carboxylic acids is 1. The van der Waals surface area contributed by atoms with E-state index >= 15 is 0 Å². The zero-order valence-corrected chi connectivity index (χ0v) is 10.8. The van der Waals surface area contributed by atoms with Gasteiger partial charge in [0, 0.05) is 17.8 Å². The molecule has 92 valence electrons. The molecule has 1 saturated heterocycles. The van der Waals surface area contributed by atoms with Crippen LogP contribution >= 0.6 is 11.8 Å². The number of aryl methyl sites for hydroxylation is 1. The molecule has 1 aliphatic rings. The maximum absolute atomic E-state index is 11.0. The molecule has 0 saturated carbocycles. The highest BCUT2D eigenvalue weighted by atomic mass is 32.2. The Bertz CT molecular complexity index is 414. The number of amides is 1. The molecule has 0 aromatic heterocycles. The number of hydrogen-bond acceptors (Lipinski definition) is 3. The third kappa shape index (κ3) is 3.16. The van der Waals surface area contributed by atoms with Gasteiger partial charge in [0.1, 0.15) is 0 Å². The third-order valence-electron chi connectivity index (χ3n) is 3.12. The van der Waals surface area contributed by atoms with Gasteiger partial charge in [0.25, 0.3) is 0 Å². The summed E-state index contributed by atoms with van der Waals surface area (Å²) in [6.07, 6.45) is 1.30. The number of thioether (sulfide) groups is 1. The molecule has 1 fully saturated rings. The van der Waals surface area contributed by atoms with Gasteiger partial charge >= 0.3 is 0 Å². The van der Waals surface area contributed by atoms with E-state index in [4.69, 9.17) is 5.73 Å².